The van der Waals surface area contributed by atoms with Gasteiger partial charge in [0.05, 0.1) is 67.0 Å². The molecule has 13 N–H and O–H groups in total. The predicted octanol–water partition coefficient (Wildman–Crippen LogP) is -3.34. The SMILES string of the molecule is CC[C@H](C)[C@@H]1NC(=O)CNC(=O)[C@H]2Cc3c([nH]c4cc(OCCCCCC(=O)OC(C)(C)C)ccc34)[S@](=O)CC(NC(=O)CNC1=O)C(=O)N[C@@H](CC(N)=O)C(=O)N1CC(O)C[C@H]1C(=O)N[C@@H]([C@@H](C)[C@@H](O)CO)C(=O)N2. The molecule has 5 rings (SSSR count). The van der Waals surface area contributed by atoms with Crippen LogP contribution in [0.2, 0.25) is 0 Å². The number of benzene rings is 1. The fourth-order valence-corrected chi connectivity index (χ4v) is 10.3. The molecule has 4 heterocycles. The normalized spacial score (nSPS) is 26.0. The number of hydrogen-bond donors (Lipinski definition) is 12. The highest BCUT2D eigenvalue weighted by Crippen LogP contribution is 2.31. The lowest BCUT2D eigenvalue weighted by Crippen LogP contribution is -2.62. The number of nitrogens with zero attached hydrogens (tertiary/aromatic N) is 1. The number of aliphatic hydroxyl groups excluding tert-OH is 3. The summed E-state index contributed by atoms with van der Waals surface area (Å²) in [6, 6.07) is -5.29. The molecule has 2 aromatic rings. The number of rotatable bonds is 14. The van der Waals surface area contributed by atoms with Crippen LogP contribution >= 0.6 is 0 Å². The van der Waals surface area contributed by atoms with Crippen LogP contribution in [0.15, 0.2) is 23.2 Å². The number of nitrogens with two attached hydrogens (primary N) is 1. The van der Waals surface area contributed by atoms with E-state index in [1.54, 1.807) is 52.8 Å². The van der Waals surface area contributed by atoms with Crippen LogP contribution in [0, 0.1) is 11.8 Å². The van der Waals surface area contributed by atoms with E-state index in [-0.39, 0.29) is 35.1 Å². The lowest BCUT2D eigenvalue weighted by molar-refractivity contribution is -0.155. The number of carbonyl (C=O) groups excluding carboxylic acids is 10. The minimum Gasteiger partial charge on any atom is -0.494 e. The van der Waals surface area contributed by atoms with Gasteiger partial charge >= 0.3 is 5.97 Å². The Labute approximate surface area is 441 Å². The van der Waals surface area contributed by atoms with Crippen LogP contribution in [0.1, 0.15) is 92.1 Å². The molecule has 0 aliphatic carbocycles. The summed E-state index contributed by atoms with van der Waals surface area (Å²) in [5, 5.41) is 49.2. The highest BCUT2D eigenvalue weighted by Gasteiger charge is 2.45. The quantitative estimate of drug-likeness (QED) is 0.0650. The van der Waals surface area contributed by atoms with Crippen molar-refractivity contribution in [2.24, 2.45) is 17.6 Å². The Balaban J connectivity index is 1.66. The van der Waals surface area contributed by atoms with Crippen LogP contribution in [-0.4, -0.2) is 181 Å². The highest BCUT2D eigenvalue weighted by atomic mass is 32.2. The lowest BCUT2D eigenvalue weighted by Gasteiger charge is -2.32. The maximum atomic E-state index is 15.0. The number of aromatic nitrogens is 1. The maximum Gasteiger partial charge on any atom is 0.306 e. The Morgan fingerprint density at radius 3 is 2.20 bits per heavy atom. The third kappa shape index (κ3) is 16.4. The second-order valence-corrected chi connectivity index (χ2v) is 21.8. The summed E-state index contributed by atoms with van der Waals surface area (Å²) in [6.07, 6.45) is -2.50. The molecule has 26 nitrogen and oxygen atoms in total. The van der Waals surface area contributed by atoms with E-state index in [1.165, 1.54) is 6.92 Å². The van der Waals surface area contributed by atoms with Gasteiger partial charge in [-0.2, -0.15) is 0 Å². The monoisotopic (exact) mass is 1090 g/mol. The van der Waals surface area contributed by atoms with Crippen LogP contribution in [0.4, 0.5) is 0 Å². The predicted molar refractivity (Wildman–Crippen MR) is 270 cm³/mol. The van der Waals surface area contributed by atoms with Crippen LogP contribution in [-0.2, 0) is 69.9 Å². The molecule has 9 amide bonds. The fraction of sp³-hybridized carbons (Fsp3) is 0.633. The van der Waals surface area contributed by atoms with E-state index in [9.17, 15) is 67.5 Å². The van der Waals surface area contributed by atoms with Crippen molar-refractivity contribution in [3.05, 3.63) is 23.8 Å². The second-order valence-electron chi connectivity index (χ2n) is 20.4. The van der Waals surface area contributed by atoms with E-state index < -0.39 is 181 Å². The zero-order chi connectivity index (χ0) is 56.2. The summed E-state index contributed by atoms with van der Waals surface area (Å²) in [6.45, 7) is 7.32. The minimum atomic E-state index is -2.40. The number of unbranched alkanes of at least 4 members (excludes halogenated alkanes) is 2. The van der Waals surface area contributed by atoms with E-state index in [0.29, 0.717) is 36.8 Å². The number of esters is 1. The van der Waals surface area contributed by atoms with Crippen molar-refractivity contribution in [3.63, 3.8) is 0 Å². The number of primary amides is 1. The van der Waals surface area contributed by atoms with Gasteiger partial charge in [0.15, 0.2) is 0 Å². The zero-order valence-corrected chi connectivity index (χ0v) is 44.3. The molecule has 0 saturated carbocycles. The number of aliphatic hydroxyl groups is 3. The molecule has 1 saturated heterocycles. The van der Waals surface area contributed by atoms with Crippen LogP contribution in [0.3, 0.4) is 0 Å². The van der Waals surface area contributed by atoms with Crippen molar-refractivity contribution in [3.8, 4) is 5.75 Å². The third-order valence-corrected chi connectivity index (χ3v) is 14.7. The van der Waals surface area contributed by atoms with Gasteiger partial charge in [-0.3, -0.25) is 52.2 Å². The molecular weight excluding hydrogens is 1020 g/mol. The van der Waals surface area contributed by atoms with E-state index in [2.05, 4.69) is 42.2 Å². The average Bonchev–Trinajstić information content (AvgIpc) is 3.93. The van der Waals surface area contributed by atoms with Crippen molar-refractivity contribution >= 4 is 80.8 Å². The molecule has 27 heteroatoms. The number of hydrogen-bond acceptors (Lipinski definition) is 16. The van der Waals surface area contributed by atoms with E-state index in [0.717, 1.165) is 4.90 Å². The van der Waals surface area contributed by atoms with Crippen molar-refractivity contribution in [2.45, 2.75) is 152 Å². The van der Waals surface area contributed by atoms with Crippen molar-refractivity contribution in [1.29, 1.82) is 0 Å². The van der Waals surface area contributed by atoms with E-state index in [1.807, 2.05) is 0 Å². The molecule has 1 aromatic carbocycles. The van der Waals surface area contributed by atoms with Crippen molar-refractivity contribution in [2.75, 3.05) is 38.6 Å². The van der Waals surface area contributed by atoms with Gasteiger partial charge in [0.1, 0.15) is 52.6 Å². The second kappa shape index (κ2) is 26.9. The molecule has 1 fully saturated rings. The fourth-order valence-electron chi connectivity index (χ4n) is 8.91. The number of fused-ring (bicyclic) bond motifs is 5. The number of amides is 9. The van der Waals surface area contributed by atoms with Gasteiger partial charge < -0.3 is 77.6 Å². The third-order valence-electron chi connectivity index (χ3n) is 13.2. The molecule has 0 spiro atoms. The molecular formula is C49H72N10O16S. The van der Waals surface area contributed by atoms with Gasteiger partial charge in [-0.25, -0.2) is 0 Å². The summed E-state index contributed by atoms with van der Waals surface area (Å²) >= 11 is 0. The lowest BCUT2D eigenvalue weighted by atomic mass is 9.93. The molecule has 76 heavy (non-hydrogen) atoms. The zero-order valence-electron chi connectivity index (χ0n) is 43.5. The maximum absolute atomic E-state index is 15.0. The standard InChI is InChI=1S/C49H72N10O16S/c1-7-24(2)40-45(70)52-19-37(64)53-33-23-76(73)47-29(28-13-12-27(16-30(28)56-47)74-14-10-8-9-11-39(66)75-49(4,5)6)17-31(42(67)51-20-38(65)57-40)54-46(71)41(25(3)35(62)22-60)58-44(69)34-15-26(61)21-59(34)48(72)32(18-36(50)63)55-43(33)68/h12-13,16,24-26,31-35,40-41,56,60-62H,7-11,14-15,17-23H2,1-6H3,(H2,50,63)(H,51,67)(H,52,70)(H,53,64)(H,54,71)(H,55,68)(H,57,65)(H,58,69)/t24-,25-,26?,31+,32-,33?,34-,35-,40-,41-,76+/m0/s1. The van der Waals surface area contributed by atoms with Gasteiger partial charge in [-0.05, 0) is 63.6 Å². The van der Waals surface area contributed by atoms with Crippen molar-refractivity contribution in [1.82, 2.24) is 47.1 Å². The van der Waals surface area contributed by atoms with Gasteiger partial charge in [-0.15, -0.1) is 0 Å². The number of aromatic amines is 1. The van der Waals surface area contributed by atoms with Crippen LogP contribution < -0.4 is 47.7 Å². The summed E-state index contributed by atoms with van der Waals surface area (Å²) in [4.78, 5) is 142. The minimum absolute atomic E-state index is 0.116. The van der Waals surface area contributed by atoms with Gasteiger partial charge in [0.25, 0.3) is 0 Å². The number of H-pyrrole nitrogens is 1. The molecule has 2 bridgehead atoms. The first-order valence-corrected chi connectivity index (χ1v) is 26.6. The van der Waals surface area contributed by atoms with Crippen LogP contribution in [0.5, 0.6) is 5.75 Å². The molecule has 3 aliphatic heterocycles. The van der Waals surface area contributed by atoms with Gasteiger partial charge in [-0.1, -0.05) is 27.2 Å². The molecule has 2 unspecified atom stereocenters. The average molecular weight is 1090 g/mol. The Kier molecular flexibility index (Phi) is 21.3. The van der Waals surface area contributed by atoms with E-state index in [4.69, 9.17) is 15.2 Å². The Bertz CT molecular complexity index is 2530. The van der Waals surface area contributed by atoms with Crippen LogP contribution in [0.25, 0.3) is 10.9 Å². The summed E-state index contributed by atoms with van der Waals surface area (Å²) < 4.78 is 26.4. The molecule has 3 aliphatic rings. The largest absolute Gasteiger partial charge is 0.494 e. The molecule has 11 atom stereocenters. The molecule has 1 aromatic heterocycles. The van der Waals surface area contributed by atoms with Gasteiger partial charge in [0.2, 0.25) is 53.2 Å². The first-order valence-electron chi connectivity index (χ1n) is 25.3. The summed E-state index contributed by atoms with van der Waals surface area (Å²) in [5.41, 5.74) is 5.33. The number of nitrogens with one attached hydrogen (secondary N) is 8. The topological polar surface area (TPSA) is 396 Å². The molecule has 0 radical (unpaired) electrons. The van der Waals surface area contributed by atoms with Crippen molar-refractivity contribution < 1.29 is 76.9 Å². The number of carbonyl (C=O) groups is 10. The van der Waals surface area contributed by atoms with E-state index >= 15 is 0 Å². The Morgan fingerprint density at radius 2 is 1.54 bits per heavy atom. The highest BCUT2D eigenvalue weighted by molar-refractivity contribution is 7.85. The first kappa shape index (κ1) is 60.2. The first-order chi connectivity index (χ1) is 35.8. The number of ether oxygens (including phenoxy) is 2. The Hall–Kier alpha value is -6.71. The van der Waals surface area contributed by atoms with Gasteiger partial charge in [0, 0.05) is 43.2 Å². The summed E-state index contributed by atoms with van der Waals surface area (Å²) in [7, 11) is -2.40. The Morgan fingerprint density at radius 1 is 0.855 bits per heavy atom. The summed E-state index contributed by atoms with van der Waals surface area (Å²) in [5.74, 6) is -11.8. The smallest absolute Gasteiger partial charge is 0.306 e. The molecule has 420 valence electrons.